The SMILES string of the molecule is CC(C)(C)c1nc2cc(S)ccc2n1CCCC(F)(F)F. The summed E-state index contributed by atoms with van der Waals surface area (Å²) in [6, 6.07) is 5.54. The first-order chi connectivity index (χ1) is 9.58. The number of hydrogen-bond acceptors (Lipinski definition) is 2. The van der Waals surface area contributed by atoms with Crippen molar-refractivity contribution in [3.63, 3.8) is 0 Å². The number of thiol groups is 1. The second-order valence-electron chi connectivity index (χ2n) is 6.23. The van der Waals surface area contributed by atoms with Crippen molar-refractivity contribution in [2.75, 3.05) is 0 Å². The summed E-state index contributed by atoms with van der Waals surface area (Å²) in [5.74, 6) is 0.804. The van der Waals surface area contributed by atoms with Crippen molar-refractivity contribution in [1.82, 2.24) is 9.55 Å². The molecular formula is C15H19F3N2S. The van der Waals surface area contributed by atoms with E-state index in [0.717, 1.165) is 21.8 Å². The Balaban J connectivity index is 2.39. The van der Waals surface area contributed by atoms with E-state index in [1.807, 2.05) is 43.5 Å². The van der Waals surface area contributed by atoms with Gasteiger partial charge >= 0.3 is 6.18 Å². The number of hydrogen-bond donors (Lipinski definition) is 1. The van der Waals surface area contributed by atoms with E-state index in [2.05, 4.69) is 17.6 Å². The van der Waals surface area contributed by atoms with Crippen LogP contribution in [0.15, 0.2) is 23.1 Å². The number of halogens is 3. The first-order valence-corrected chi connectivity index (χ1v) is 7.29. The number of alkyl halides is 3. The van der Waals surface area contributed by atoms with Gasteiger partial charge in [-0.1, -0.05) is 20.8 Å². The summed E-state index contributed by atoms with van der Waals surface area (Å²) in [4.78, 5) is 5.39. The fourth-order valence-electron chi connectivity index (χ4n) is 2.35. The largest absolute Gasteiger partial charge is 0.389 e. The zero-order chi connectivity index (χ0) is 15.8. The Labute approximate surface area is 127 Å². The average molecular weight is 316 g/mol. The fraction of sp³-hybridized carbons (Fsp3) is 0.533. The third kappa shape index (κ3) is 3.93. The van der Waals surface area contributed by atoms with E-state index in [0.29, 0.717) is 6.54 Å². The molecular weight excluding hydrogens is 297 g/mol. The van der Waals surface area contributed by atoms with Gasteiger partial charge in [0.2, 0.25) is 0 Å². The topological polar surface area (TPSA) is 17.8 Å². The van der Waals surface area contributed by atoms with Crippen molar-refractivity contribution in [2.24, 2.45) is 0 Å². The van der Waals surface area contributed by atoms with Crippen molar-refractivity contribution < 1.29 is 13.2 Å². The van der Waals surface area contributed by atoms with Crippen LogP contribution >= 0.6 is 12.6 Å². The summed E-state index contributed by atoms with van der Waals surface area (Å²) in [7, 11) is 0. The second kappa shape index (κ2) is 5.55. The number of benzene rings is 1. The van der Waals surface area contributed by atoms with E-state index < -0.39 is 12.6 Å². The summed E-state index contributed by atoms with van der Waals surface area (Å²) >= 11 is 4.29. The van der Waals surface area contributed by atoms with Crippen molar-refractivity contribution in [1.29, 1.82) is 0 Å². The van der Waals surface area contributed by atoms with Gasteiger partial charge in [-0.05, 0) is 24.6 Å². The van der Waals surface area contributed by atoms with Crippen LogP contribution in [0.1, 0.15) is 39.4 Å². The molecule has 6 heteroatoms. The number of rotatable bonds is 3. The molecule has 0 saturated heterocycles. The van der Waals surface area contributed by atoms with Gasteiger partial charge in [0.15, 0.2) is 0 Å². The lowest BCUT2D eigenvalue weighted by Crippen LogP contribution is -2.20. The first-order valence-electron chi connectivity index (χ1n) is 6.84. The Morgan fingerprint density at radius 1 is 1.19 bits per heavy atom. The molecule has 2 aromatic rings. The summed E-state index contributed by atoms with van der Waals surface area (Å²) in [5.41, 5.74) is 1.41. The predicted octanol–water partition coefficient (Wildman–Crippen LogP) is 4.97. The lowest BCUT2D eigenvalue weighted by Gasteiger charge is -2.20. The normalized spacial score (nSPS) is 13.1. The molecule has 0 radical (unpaired) electrons. The molecule has 1 aromatic heterocycles. The molecule has 0 aliphatic rings. The first kappa shape index (κ1) is 16.2. The van der Waals surface area contributed by atoms with E-state index in [-0.39, 0.29) is 11.8 Å². The lowest BCUT2D eigenvalue weighted by atomic mass is 9.95. The minimum Gasteiger partial charge on any atom is -0.328 e. The molecule has 0 N–H and O–H groups in total. The molecule has 1 heterocycles. The molecule has 116 valence electrons. The Hall–Kier alpha value is -1.17. The van der Waals surface area contributed by atoms with Gasteiger partial charge in [0.05, 0.1) is 11.0 Å². The highest BCUT2D eigenvalue weighted by Gasteiger charge is 2.27. The van der Waals surface area contributed by atoms with Crippen molar-refractivity contribution in [3.05, 3.63) is 24.0 Å². The molecule has 0 saturated carbocycles. The molecule has 21 heavy (non-hydrogen) atoms. The van der Waals surface area contributed by atoms with Crippen LogP contribution in [0.25, 0.3) is 11.0 Å². The summed E-state index contributed by atoms with van der Waals surface area (Å²) < 4.78 is 38.9. The Morgan fingerprint density at radius 2 is 1.86 bits per heavy atom. The Kier molecular flexibility index (Phi) is 4.29. The quantitative estimate of drug-likeness (QED) is 0.792. The van der Waals surface area contributed by atoms with E-state index in [4.69, 9.17) is 0 Å². The number of aryl methyl sites for hydroxylation is 1. The molecule has 0 aliphatic heterocycles. The predicted molar refractivity (Wildman–Crippen MR) is 81.0 cm³/mol. The number of nitrogens with zero attached hydrogens (tertiary/aromatic N) is 2. The van der Waals surface area contributed by atoms with Crippen molar-refractivity contribution in [2.45, 2.75) is 56.6 Å². The van der Waals surface area contributed by atoms with E-state index in [1.165, 1.54) is 0 Å². The van der Waals surface area contributed by atoms with Crippen LogP contribution in [0.5, 0.6) is 0 Å². The van der Waals surface area contributed by atoms with E-state index in [1.54, 1.807) is 0 Å². The van der Waals surface area contributed by atoms with Gasteiger partial charge in [-0.3, -0.25) is 0 Å². The Morgan fingerprint density at radius 3 is 2.43 bits per heavy atom. The van der Waals surface area contributed by atoms with Crippen molar-refractivity contribution in [3.8, 4) is 0 Å². The van der Waals surface area contributed by atoms with Gasteiger partial charge in [0.1, 0.15) is 5.82 Å². The maximum absolute atomic E-state index is 12.4. The molecule has 2 rings (SSSR count). The smallest absolute Gasteiger partial charge is 0.328 e. The number of imidazole rings is 1. The van der Waals surface area contributed by atoms with E-state index >= 15 is 0 Å². The third-order valence-corrected chi connectivity index (χ3v) is 3.52. The van der Waals surface area contributed by atoms with Crippen LogP contribution in [-0.4, -0.2) is 15.7 Å². The summed E-state index contributed by atoms with van der Waals surface area (Å²) in [6.45, 7) is 6.34. The molecule has 2 nitrogen and oxygen atoms in total. The molecule has 0 fully saturated rings. The molecule has 0 atom stereocenters. The highest BCUT2D eigenvalue weighted by molar-refractivity contribution is 7.80. The molecule has 1 aromatic carbocycles. The fourth-order valence-corrected chi connectivity index (χ4v) is 2.55. The third-order valence-electron chi connectivity index (χ3n) is 3.24. The Bertz CT molecular complexity index is 639. The minimum atomic E-state index is -4.11. The van der Waals surface area contributed by atoms with Crippen LogP contribution < -0.4 is 0 Å². The van der Waals surface area contributed by atoms with Gasteiger partial charge in [-0.2, -0.15) is 13.2 Å². The minimum absolute atomic E-state index is 0.0562. The molecule has 0 unspecified atom stereocenters. The van der Waals surface area contributed by atoms with Gasteiger partial charge in [0.25, 0.3) is 0 Å². The van der Waals surface area contributed by atoms with Gasteiger partial charge in [-0.25, -0.2) is 4.98 Å². The van der Waals surface area contributed by atoms with Gasteiger partial charge in [-0.15, -0.1) is 12.6 Å². The second-order valence-corrected chi connectivity index (χ2v) is 6.75. The lowest BCUT2D eigenvalue weighted by molar-refractivity contribution is -0.135. The highest BCUT2D eigenvalue weighted by Crippen LogP contribution is 2.29. The maximum atomic E-state index is 12.4. The van der Waals surface area contributed by atoms with Crippen LogP contribution in [0.4, 0.5) is 13.2 Å². The molecule has 0 amide bonds. The maximum Gasteiger partial charge on any atom is 0.389 e. The van der Waals surface area contributed by atoms with Crippen molar-refractivity contribution >= 4 is 23.7 Å². The molecule has 0 aliphatic carbocycles. The zero-order valence-electron chi connectivity index (χ0n) is 12.3. The molecule has 0 bridgehead atoms. The van der Waals surface area contributed by atoms with Crippen LogP contribution in [0.2, 0.25) is 0 Å². The summed E-state index contributed by atoms with van der Waals surface area (Å²) in [6.07, 6.45) is -4.84. The van der Waals surface area contributed by atoms with Gasteiger partial charge < -0.3 is 4.57 Å². The monoisotopic (exact) mass is 316 g/mol. The van der Waals surface area contributed by atoms with Crippen LogP contribution in [0, 0.1) is 0 Å². The number of fused-ring (bicyclic) bond motifs is 1. The van der Waals surface area contributed by atoms with Crippen LogP contribution in [-0.2, 0) is 12.0 Å². The standard InChI is InChI=1S/C15H19F3N2S/c1-14(2,3)13-19-11-9-10(21)5-6-12(11)20(13)8-4-7-15(16,17)18/h5-6,9,21H,4,7-8H2,1-3H3. The highest BCUT2D eigenvalue weighted by atomic mass is 32.1. The van der Waals surface area contributed by atoms with Crippen LogP contribution in [0.3, 0.4) is 0 Å². The van der Waals surface area contributed by atoms with Gasteiger partial charge in [0, 0.05) is 23.3 Å². The summed E-state index contributed by atoms with van der Waals surface area (Å²) in [5, 5.41) is 0. The zero-order valence-corrected chi connectivity index (χ0v) is 13.2. The number of aromatic nitrogens is 2. The van der Waals surface area contributed by atoms with E-state index in [9.17, 15) is 13.2 Å². The molecule has 0 spiro atoms. The average Bonchev–Trinajstić information content (AvgIpc) is 2.65.